The molecule has 1 unspecified atom stereocenters. The molecule has 0 saturated heterocycles. The number of alkyl halides is 1. The molecule has 20 heavy (non-hydrogen) atoms. The summed E-state index contributed by atoms with van der Waals surface area (Å²) < 4.78 is 10.8. The molecule has 1 aromatic carbocycles. The smallest absolute Gasteiger partial charge is 0.126 e. The molecule has 0 saturated carbocycles. The van der Waals surface area contributed by atoms with E-state index in [2.05, 4.69) is 20.9 Å². The molecule has 106 valence electrons. The SMILES string of the molecule is COc1cccc(OC)c1C(Br)Cc1ccncc1Cl. The topological polar surface area (TPSA) is 31.4 Å². The molecule has 2 aromatic rings. The van der Waals surface area contributed by atoms with Crippen LogP contribution in [0.2, 0.25) is 5.02 Å². The minimum Gasteiger partial charge on any atom is -0.496 e. The lowest BCUT2D eigenvalue weighted by Gasteiger charge is -2.18. The molecule has 0 N–H and O–H groups in total. The third kappa shape index (κ3) is 3.25. The van der Waals surface area contributed by atoms with E-state index in [0.29, 0.717) is 5.02 Å². The van der Waals surface area contributed by atoms with Crippen molar-refractivity contribution in [2.45, 2.75) is 11.2 Å². The number of nitrogens with zero attached hydrogens (tertiary/aromatic N) is 1. The van der Waals surface area contributed by atoms with Crippen molar-refractivity contribution in [1.82, 2.24) is 4.98 Å². The zero-order valence-corrected chi connectivity index (χ0v) is 13.6. The van der Waals surface area contributed by atoms with Crippen molar-refractivity contribution in [3.8, 4) is 11.5 Å². The summed E-state index contributed by atoms with van der Waals surface area (Å²) in [6.45, 7) is 0. The van der Waals surface area contributed by atoms with Crippen LogP contribution in [-0.2, 0) is 6.42 Å². The molecule has 0 aliphatic carbocycles. The van der Waals surface area contributed by atoms with Gasteiger partial charge in [-0.15, -0.1) is 0 Å². The second kappa shape index (κ2) is 6.95. The Morgan fingerprint density at radius 3 is 2.40 bits per heavy atom. The number of benzene rings is 1. The number of methoxy groups -OCH3 is 2. The van der Waals surface area contributed by atoms with Gasteiger partial charge in [-0.2, -0.15) is 0 Å². The molecule has 0 aliphatic heterocycles. The Bertz CT molecular complexity index is 570. The monoisotopic (exact) mass is 355 g/mol. The average molecular weight is 357 g/mol. The standard InChI is InChI=1S/C15H15BrClNO2/c1-19-13-4-3-5-14(20-2)15(13)11(16)8-10-6-7-18-9-12(10)17/h3-7,9,11H,8H2,1-2H3. The molecule has 0 bridgehead atoms. The number of hydrogen-bond donors (Lipinski definition) is 0. The first-order valence-electron chi connectivity index (χ1n) is 6.10. The Balaban J connectivity index is 2.34. The van der Waals surface area contributed by atoms with Gasteiger partial charge in [0.25, 0.3) is 0 Å². The average Bonchev–Trinajstić information content (AvgIpc) is 2.48. The molecule has 0 fully saturated rings. The van der Waals surface area contributed by atoms with Crippen LogP contribution in [0.25, 0.3) is 0 Å². The third-order valence-electron chi connectivity index (χ3n) is 3.03. The highest BCUT2D eigenvalue weighted by Crippen LogP contribution is 2.40. The van der Waals surface area contributed by atoms with Gasteiger partial charge in [0.1, 0.15) is 11.5 Å². The molecule has 1 heterocycles. The lowest BCUT2D eigenvalue weighted by atomic mass is 10.0. The molecule has 5 heteroatoms. The van der Waals surface area contributed by atoms with Crippen LogP contribution in [0.3, 0.4) is 0 Å². The molecule has 0 amide bonds. The first-order chi connectivity index (χ1) is 9.67. The second-order valence-electron chi connectivity index (χ2n) is 4.21. The summed E-state index contributed by atoms with van der Waals surface area (Å²) in [4.78, 5) is 4.03. The minimum absolute atomic E-state index is 0.0356. The van der Waals surface area contributed by atoms with Gasteiger partial charge in [0.05, 0.1) is 29.6 Å². The molecule has 1 aromatic heterocycles. The second-order valence-corrected chi connectivity index (χ2v) is 5.73. The summed E-state index contributed by atoms with van der Waals surface area (Å²) >= 11 is 9.86. The van der Waals surface area contributed by atoms with Crippen molar-refractivity contribution in [2.75, 3.05) is 14.2 Å². The third-order valence-corrected chi connectivity index (χ3v) is 4.16. The van der Waals surface area contributed by atoms with E-state index in [1.54, 1.807) is 26.6 Å². The molecular weight excluding hydrogens is 342 g/mol. The Labute approximate surface area is 132 Å². The maximum absolute atomic E-state index is 6.16. The quantitative estimate of drug-likeness (QED) is 0.743. The van der Waals surface area contributed by atoms with Gasteiger partial charge < -0.3 is 9.47 Å². The van der Waals surface area contributed by atoms with E-state index in [9.17, 15) is 0 Å². The van der Waals surface area contributed by atoms with Crippen LogP contribution < -0.4 is 9.47 Å². The normalized spacial score (nSPS) is 12.0. The van der Waals surface area contributed by atoms with E-state index < -0.39 is 0 Å². The number of halogens is 2. The maximum Gasteiger partial charge on any atom is 0.126 e. The number of pyridine rings is 1. The van der Waals surface area contributed by atoms with Gasteiger partial charge in [-0.3, -0.25) is 4.98 Å². The molecule has 0 spiro atoms. The van der Waals surface area contributed by atoms with Gasteiger partial charge in [0, 0.05) is 12.4 Å². The fraction of sp³-hybridized carbons (Fsp3) is 0.267. The molecular formula is C15H15BrClNO2. The molecule has 2 rings (SSSR count). The minimum atomic E-state index is 0.0356. The van der Waals surface area contributed by atoms with E-state index in [0.717, 1.165) is 29.0 Å². The van der Waals surface area contributed by atoms with Gasteiger partial charge >= 0.3 is 0 Å². The lowest BCUT2D eigenvalue weighted by molar-refractivity contribution is 0.385. The van der Waals surface area contributed by atoms with Crippen molar-refractivity contribution in [3.05, 3.63) is 52.8 Å². The number of aromatic nitrogens is 1. The van der Waals surface area contributed by atoms with Crippen molar-refractivity contribution < 1.29 is 9.47 Å². The first-order valence-corrected chi connectivity index (χ1v) is 7.40. The van der Waals surface area contributed by atoms with Gasteiger partial charge in [-0.25, -0.2) is 0 Å². The lowest BCUT2D eigenvalue weighted by Crippen LogP contribution is -2.02. The van der Waals surface area contributed by atoms with Crippen LogP contribution in [0.5, 0.6) is 11.5 Å². The first kappa shape index (κ1) is 15.1. The predicted octanol–water partition coefficient (Wildman–Crippen LogP) is 4.43. The van der Waals surface area contributed by atoms with Crippen LogP contribution in [0, 0.1) is 0 Å². The highest BCUT2D eigenvalue weighted by atomic mass is 79.9. The predicted molar refractivity (Wildman–Crippen MR) is 84.2 cm³/mol. The Kier molecular flexibility index (Phi) is 5.26. The zero-order chi connectivity index (χ0) is 14.5. The van der Waals surface area contributed by atoms with E-state index >= 15 is 0 Å². The van der Waals surface area contributed by atoms with Crippen molar-refractivity contribution in [2.24, 2.45) is 0 Å². The summed E-state index contributed by atoms with van der Waals surface area (Å²) in [6.07, 6.45) is 4.11. The van der Waals surface area contributed by atoms with Crippen LogP contribution in [0.4, 0.5) is 0 Å². The Hall–Kier alpha value is -1.26. The molecule has 3 nitrogen and oxygen atoms in total. The summed E-state index contributed by atoms with van der Waals surface area (Å²) in [7, 11) is 3.30. The highest BCUT2D eigenvalue weighted by Gasteiger charge is 2.19. The molecule has 1 atom stereocenters. The van der Waals surface area contributed by atoms with Gasteiger partial charge in [0.15, 0.2) is 0 Å². The largest absolute Gasteiger partial charge is 0.496 e. The molecule has 0 radical (unpaired) electrons. The van der Waals surface area contributed by atoms with Crippen LogP contribution in [0.15, 0.2) is 36.7 Å². The summed E-state index contributed by atoms with van der Waals surface area (Å²) in [6, 6.07) is 7.65. The summed E-state index contributed by atoms with van der Waals surface area (Å²) in [5.41, 5.74) is 2.00. The van der Waals surface area contributed by atoms with E-state index in [1.165, 1.54) is 0 Å². The van der Waals surface area contributed by atoms with Crippen molar-refractivity contribution in [3.63, 3.8) is 0 Å². The van der Waals surface area contributed by atoms with Crippen LogP contribution in [-0.4, -0.2) is 19.2 Å². The van der Waals surface area contributed by atoms with Crippen LogP contribution >= 0.6 is 27.5 Å². The van der Waals surface area contributed by atoms with E-state index in [-0.39, 0.29) is 4.83 Å². The van der Waals surface area contributed by atoms with Crippen molar-refractivity contribution in [1.29, 1.82) is 0 Å². The van der Waals surface area contributed by atoms with E-state index in [4.69, 9.17) is 21.1 Å². The Morgan fingerprint density at radius 1 is 1.20 bits per heavy atom. The van der Waals surface area contributed by atoms with Crippen LogP contribution in [0.1, 0.15) is 16.0 Å². The Morgan fingerprint density at radius 2 is 1.85 bits per heavy atom. The number of rotatable bonds is 5. The van der Waals surface area contributed by atoms with Crippen molar-refractivity contribution >= 4 is 27.5 Å². The summed E-state index contributed by atoms with van der Waals surface area (Å²) in [5.74, 6) is 1.58. The fourth-order valence-corrected chi connectivity index (χ4v) is 3.05. The van der Waals surface area contributed by atoms with Gasteiger partial charge in [-0.1, -0.05) is 33.6 Å². The fourth-order valence-electron chi connectivity index (χ4n) is 2.05. The maximum atomic E-state index is 6.16. The van der Waals surface area contributed by atoms with E-state index in [1.807, 2.05) is 24.3 Å². The van der Waals surface area contributed by atoms with Gasteiger partial charge in [0.2, 0.25) is 0 Å². The summed E-state index contributed by atoms with van der Waals surface area (Å²) in [5, 5.41) is 0.658. The number of ether oxygens (including phenoxy) is 2. The number of hydrogen-bond acceptors (Lipinski definition) is 3. The molecule has 0 aliphatic rings. The zero-order valence-electron chi connectivity index (χ0n) is 11.3. The van der Waals surface area contributed by atoms with Gasteiger partial charge in [-0.05, 0) is 30.2 Å². The highest BCUT2D eigenvalue weighted by molar-refractivity contribution is 9.09.